The van der Waals surface area contributed by atoms with Crippen molar-refractivity contribution in [2.75, 3.05) is 13.2 Å². The SMILES string of the molecule is [N-]=[N+]=NCCCOc1ccc2c(c1)CCC2. The van der Waals surface area contributed by atoms with Crippen molar-refractivity contribution >= 4 is 0 Å². The third-order valence-corrected chi connectivity index (χ3v) is 2.80. The Morgan fingerprint density at radius 3 is 3.06 bits per heavy atom. The van der Waals surface area contributed by atoms with Gasteiger partial charge in [0.1, 0.15) is 5.75 Å². The molecule has 16 heavy (non-hydrogen) atoms. The van der Waals surface area contributed by atoms with Crippen molar-refractivity contribution < 1.29 is 4.74 Å². The van der Waals surface area contributed by atoms with E-state index in [1.54, 1.807) is 0 Å². The van der Waals surface area contributed by atoms with Gasteiger partial charge in [0.2, 0.25) is 0 Å². The molecule has 0 saturated carbocycles. The van der Waals surface area contributed by atoms with Gasteiger partial charge in [-0.25, -0.2) is 0 Å². The zero-order chi connectivity index (χ0) is 11.2. The molecule has 0 amide bonds. The molecule has 0 aromatic heterocycles. The molecule has 0 unspecified atom stereocenters. The highest BCUT2D eigenvalue weighted by molar-refractivity contribution is 5.38. The molecule has 0 atom stereocenters. The Morgan fingerprint density at radius 1 is 1.31 bits per heavy atom. The number of hydrogen-bond acceptors (Lipinski definition) is 2. The maximum absolute atomic E-state index is 8.11. The lowest BCUT2D eigenvalue weighted by Crippen LogP contribution is -1.99. The van der Waals surface area contributed by atoms with Crippen LogP contribution in [0.5, 0.6) is 5.75 Å². The summed E-state index contributed by atoms with van der Waals surface area (Å²) in [5, 5.41) is 3.46. The van der Waals surface area contributed by atoms with Gasteiger partial charge < -0.3 is 4.74 Å². The van der Waals surface area contributed by atoms with Gasteiger partial charge in [-0.05, 0) is 54.5 Å². The second-order valence-corrected chi connectivity index (χ2v) is 3.94. The highest BCUT2D eigenvalue weighted by atomic mass is 16.5. The Bertz CT molecular complexity index is 411. The summed E-state index contributed by atoms with van der Waals surface area (Å²) in [6.45, 7) is 1.11. The minimum absolute atomic E-state index is 0.501. The predicted octanol–water partition coefficient (Wildman–Crippen LogP) is 3.25. The first-order valence-corrected chi connectivity index (χ1v) is 5.65. The van der Waals surface area contributed by atoms with Crippen LogP contribution in [-0.4, -0.2) is 13.2 Å². The minimum atomic E-state index is 0.501. The highest BCUT2D eigenvalue weighted by Gasteiger charge is 2.10. The Kier molecular flexibility index (Phi) is 3.67. The van der Waals surface area contributed by atoms with Crippen LogP contribution in [0.3, 0.4) is 0 Å². The van der Waals surface area contributed by atoms with Gasteiger partial charge in [-0.15, -0.1) is 0 Å². The quantitative estimate of drug-likeness (QED) is 0.323. The standard InChI is InChI=1S/C12H15N3O/c13-15-14-7-2-8-16-12-6-5-10-3-1-4-11(10)9-12/h5-6,9H,1-4,7-8H2. The molecule has 4 heteroatoms. The number of azide groups is 1. The van der Waals surface area contributed by atoms with Crippen LogP contribution >= 0.6 is 0 Å². The molecular formula is C12H15N3O. The van der Waals surface area contributed by atoms with Gasteiger partial charge in [-0.1, -0.05) is 11.2 Å². The first kappa shape index (κ1) is 10.8. The topological polar surface area (TPSA) is 58.0 Å². The maximum atomic E-state index is 8.11. The molecule has 0 N–H and O–H groups in total. The number of hydrogen-bond donors (Lipinski definition) is 0. The summed E-state index contributed by atoms with van der Waals surface area (Å²) < 4.78 is 5.59. The zero-order valence-electron chi connectivity index (χ0n) is 9.22. The van der Waals surface area contributed by atoms with Crippen LogP contribution in [0.1, 0.15) is 24.0 Å². The molecular weight excluding hydrogens is 202 g/mol. The van der Waals surface area contributed by atoms with E-state index in [4.69, 9.17) is 10.3 Å². The highest BCUT2D eigenvalue weighted by Crippen LogP contribution is 2.25. The molecule has 2 rings (SSSR count). The summed E-state index contributed by atoms with van der Waals surface area (Å²) in [6, 6.07) is 6.32. The van der Waals surface area contributed by atoms with Crippen LogP contribution in [-0.2, 0) is 12.8 Å². The molecule has 4 nitrogen and oxygen atoms in total. The van der Waals surface area contributed by atoms with E-state index < -0.39 is 0 Å². The second kappa shape index (κ2) is 5.42. The van der Waals surface area contributed by atoms with Crippen molar-refractivity contribution in [3.8, 4) is 5.75 Å². The van der Waals surface area contributed by atoms with Crippen molar-refractivity contribution in [2.45, 2.75) is 25.7 Å². The number of ether oxygens (including phenoxy) is 1. The van der Waals surface area contributed by atoms with Crippen molar-refractivity contribution in [1.29, 1.82) is 0 Å². The summed E-state index contributed by atoms with van der Waals surface area (Å²) in [6.07, 6.45) is 4.40. The zero-order valence-corrected chi connectivity index (χ0v) is 9.22. The van der Waals surface area contributed by atoms with Crippen LogP contribution in [0.2, 0.25) is 0 Å². The fourth-order valence-corrected chi connectivity index (χ4v) is 2.01. The number of aryl methyl sites for hydroxylation is 2. The fourth-order valence-electron chi connectivity index (χ4n) is 2.01. The first-order chi connectivity index (χ1) is 7.90. The lowest BCUT2D eigenvalue weighted by atomic mass is 10.1. The molecule has 1 aromatic carbocycles. The molecule has 1 aliphatic carbocycles. The lowest BCUT2D eigenvalue weighted by Gasteiger charge is -2.07. The van der Waals surface area contributed by atoms with E-state index in [9.17, 15) is 0 Å². The van der Waals surface area contributed by atoms with E-state index in [1.807, 2.05) is 6.07 Å². The van der Waals surface area contributed by atoms with E-state index in [1.165, 1.54) is 30.4 Å². The normalized spacial score (nSPS) is 13.0. The van der Waals surface area contributed by atoms with E-state index in [-0.39, 0.29) is 0 Å². The van der Waals surface area contributed by atoms with Crippen molar-refractivity contribution in [3.05, 3.63) is 39.8 Å². The van der Waals surface area contributed by atoms with Gasteiger partial charge in [-0.2, -0.15) is 0 Å². The molecule has 0 bridgehead atoms. The van der Waals surface area contributed by atoms with Crippen molar-refractivity contribution in [3.63, 3.8) is 0 Å². The van der Waals surface area contributed by atoms with Gasteiger partial charge in [-0.3, -0.25) is 0 Å². The monoisotopic (exact) mass is 217 g/mol. The Balaban J connectivity index is 1.83. The average Bonchev–Trinajstić information content (AvgIpc) is 2.76. The summed E-state index contributed by atoms with van der Waals surface area (Å²) in [7, 11) is 0. The number of fused-ring (bicyclic) bond motifs is 1. The Hall–Kier alpha value is -1.67. The number of nitrogens with zero attached hydrogens (tertiary/aromatic N) is 3. The number of benzene rings is 1. The lowest BCUT2D eigenvalue weighted by molar-refractivity contribution is 0.313. The molecule has 1 aromatic rings. The van der Waals surface area contributed by atoms with Crippen LogP contribution < -0.4 is 4.74 Å². The fraction of sp³-hybridized carbons (Fsp3) is 0.500. The average molecular weight is 217 g/mol. The molecule has 0 saturated heterocycles. The summed E-state index contributed by atoms with van der Waals surface area (Å²) in [5.41, 5.74) is 11.0. The van der Waals surface area contributed by atoms with E-state index in [2.05, 4.69) is 22.2 Å². The van der Waals surface area contributed by atoms with Gasteiger partial charge >= 0.3 is 0 Å². The van der Waals surface area contributed by atoms with Crippen LogP contribution in [0.4, 0.5) is 0 Å². The molecule has 0 aliphatic heterocycles. The largest absolute Gasteiger partial charge is 0.494 e. The maximum Gasteiger partial charge on any atom is 0.119 e. The molecule has 84 valence electrons. The molecule has 0 fully saturated rings. The summed E-state index contributed by atoms with van der Waals surface area (Å²) in [4.78, 5) is 2.70. The van der Waals surface area contributed by atoms with Gasteiger partial charge in [0.25, 0.3) is 0 Å². The van der Waals surface area contributed by atoms with E-state index >= 15 is 0 Å². The second-order valence-electron chi connectivity index (χ2n) is 3.94. The molecule has 1 aliphatic rings. The summed E-state index contributed by atoms with van der Waals surface area (Å²) in [5.74, 6) is 0.932. The van der Waals surface area contributed by atoms with E-state index in [0.29, 0.717) is 13.2 Å². The van der Waals surface area contributed by atoms with Crippen molar-refractivity contribution in [1.82, 2.24) is 0 Å². The third-order valence-electron chi connectivity index (χ3n) is 2.80. The molecule has 0 radical (unpaired) electrons. The third kappa shape index (κ3) is 2.67. The Labute approximate surface area is 94.9 Å². The smallest absolute Gasteiger partial charge is 0.119 e. The van der Waals surface area contributed by atoms with Crippen LogP contribution in [0.25, 0.3) is 10.4 Å². The number of rotatable bonds is 5. The predicted molar refractivity (Wildman–Crippen MR) is 62.6 cm³/mol. The first-order valence-electron chi connectivity index (χ1n) is 5.65. The minimum Gasteiger partial charge on any atom is -0.494 e. The van der Waals surface area contributed by atoms with Gasteiger partial charge in [0.15, 0.2) is 0 Å². The molecule has 0 heterocycles. The van der Waals surface area contributed by atoms with Crippen LogP contribution in [0, 0.1) is 0 Å². The van der Waals surface area contributed by atoms with E-state index in [0.717, 1.165) is 12.2 Å². The van der Waals surface area contributed by atoms with Gasteiger partial charge in [0.05, 0.1) is 6.61 Å². The van der Waals surface area contributed by atoms with Gasteiger partial charge in [0, 0.05) is 11.5 Å². The van der Waals surface area contributed by atoms with Crippen LogP contribution in [0.15, 0.2) is 23.3 Å². The molecule has 0 spiro atoms. The summed E-state index contributed by atoms with van der Waals surface area (Å²) >= 11 is 0. The Morgan fingerprint density at radius 2 is 2.19 bits per heavy atom. The van der Waals surface area contributed by atoms with Crippen molar-refractivity contribution in [2.24, 2.45) is 5.11 Å².